The van der Waals surface area contributed by atoms with Gasteiger partial charge in [-0.05, 0) is 29.8 Å². The molecule has 1 aromatic heterocycles. The van der Waals surface area contributed by atoms with Crippen molar-refractivity contribution in [3.05, 3.63) is 89.9 Å². The van der Waals surface area contributed by atoms with Crippen LogP contribution in [0, 0.1) is 0 Å². The first-order valence-corrected chi connectivity index (χ1v) is 10.4. The molecule has 2 heterocycles. The van der Waals surface area contributed by atoms with Crippen LogP contribution in [0.5, 0.6) is 0 Å². The van der Waals surface area contributed by atoms with Crippen LogP contribution in [0.4, 0.5) is 0 Å². The van der Waals surface area contributed by atoms with E-state index >= 15 is 0 Å². The normalized spacial score (nSPS) is 14.6. The maximum Gasteiger partial charge on any atom is 0.269 e. The lowest BCUT2D eigenvalue weighted by molar-refractivity contribution is -0.132. The topological polar surface area (TPSA) is 87.9 Å². The Labute approximate surface area is 168 Å². The molecule has 2 amide bonds. The van der Waals surface area contributed by atoms with Gasteiger partial charge in [-0.15, -0.1) is 0 Å². The Morgan fingerprint density at radius 1 is 0.931 bits per heavy atom. The highest BCUT2D eigenvalue weighted by Gasteiger charge is 2.42. The van der Waals surface area contributed by atoms with Crippen molar-refractivity contribution in [2.75, 3.05) is 6.54 Å². The summed E-state index contributed by atoms with van der Waals surface area (Å²) in [5, 5.41) is 0. The number of benzene rings is 2. The Hall–Kier alpha value is -3.39. The van der Waals surface area contributed by atoms with Gasteiger partial charge < -0.3 is 9.32 Å². The molecule has 0 spiro atoms. The number of fused-ring (bicyclic) bond motifs is 1. The molecule has 29 heavy (non-hydrogen) atoms. The molecule has 0 saturated carbocycles. The standard InChI is InChI=1S/C21H18N2O5S/c24-20(15-23-21(25)18-10-4-5-11-19(18)29(23,26)27)22(14-17-9-6-12-28-17)13-16-7-2-1-3-8-16/h1-12H,13-15H2. The highest BCUT2D eigenvalue weighted by Crippen LogP contribution is 2.30. The lowest BCUT2D eigenvalue weighted by Gasteiger charge is -2.24. The van der Waals surface area contributed by atoms with E-state index in [-0.39, 0.29) is 23.5 Å². The van der Waals surface area contributed by atoms with Crippen molar-refractivity contribution < 1.29 is 22.4 Å². The molecule has 1 aliphatic heterocycles. The van der Waals surface area contributed by atoms with Crippen LogP contribution in [0.2, 0.25) is 0 Å². The number of carbonyl (C=O) groups excluding carboxylic acids is 2. The van der Waals surface area contributed by atoms with Crippen LogP contribution in [0.15, 0.2) is 82.3 Å². The largest absolute Gasteiger partial charge is 0.467 e. The second kappa shape index (κ2) is 7.56. The smallest absolute Gasteiger partial charge is 0.269 e. The summed E-state index contributed by atoms with van der Waals surface area (Å²) in [5.74, 6) is -0.616. The van der Waals surface area contributed by atoms with E-state index < -0.39 is 28.4 Å². The molecule has 0 fully saturated rings. The Balaban J connectivity index is 1.59. The highest BCUT2D eigenvalue weighted by atomic mass is 32.2. The molecule has 4 rings (SSSR count). The Kier molecular flexibility index (Phi) is 4.94. The van der Waals surface area contributed by atoms with E-state index in [1.807, 2.05) is 30.3 Å². The van der Waals surface area contributed by atoms with E-state index in [2.05, 4.69) is 0 Å². The fourth-order valence-electron chi connectivity index (χ4n) is 3.24. The molecule has 0 unspecified atom stereocenters. The van der Waals surface area contributed by atoms with Gasteiger partial charge in [-0.3, -0.25) is 9.59 Å². The molecule has 0 atom stereocenters. The summed E-state index contributed by atoms with van der Waals surface area (Å²) in [4.78, 5) is 27.0. The van der Waals surface area contributed by atoms with E-state index in [0.29, 0.717) is 10.1 Å². The first-order chi connectivity index (χ1) is 14.0. The number of hydrogen-bond acceptors (Lipinski definition) is 5. The van der Waals surface area contributed by atoms with Crippen LogP contribution in [0.1, 0.15) is 21.7 Å². The zero-order valence-corrected chi connectivity index (χ0v) is 16.2. The van der Waals surface area contributed by atoms with Crippen molar-refractivity contribution in [2.45, 2.75) is 18.0 Å². The van der Waals surface area contributed by atoms with Gasteiger partial charge in [0.15, 0.2) is 0 Å². The molecule has 8 heteroatoms. The maximum absolute atomic E-state index is 13.0. The van der Waals surface area contributed by atoms with Crippen LogP contribution in [-0.4, -0.2) is 36.0 Å². The van der Waals surface area contributed by atoms with Gasteiger partial charge in [0, 0.05) is 6.54 Å². The zero-order valence-electron chi connectivity index (χ0n) is 15.4. The summed E-state index contributed by atoms with van der Waals surface area (Å²) in [6.07, 6.45) is 1.51. The van der Waals surface area contributed by atoms with Crippen LogP contribution in [-0.2, 0) is 27.9 Å². The Bertz CT molecular complexity index is 1140. The van der Waals surface area contributed by atoms with Crippen molar-refractivity contribution in [3.63, 3.8) is 0 Å². The van der Waals surface area contributed by atoms with E-state index in [0.717, 1.165) is 5.56 Å². The number of rotatable bonds is 6. The predicted octanol–water partition coefficient (Wildman–Crippen LogP) is 2.65. The molecule has 0 radical (unpaired) electrons. The molecule has 0 N–H and O–H groups in total. The second-order valence-corrected chi connectivity index (χ2v) is 8.46. The Morgan fingerprint density at radius 2 is 1.66 bits per heavy atom. The SMILES string of the molecule is O=C(CN1C(=O)c2ccccc2S1(=O)=O)N(Cc1ccccc1)Cc1ccco1. The number of furan rings is 1. The van der Waals surface area contributed by atoms with Crippen molar-refractivity contribution in [2.24, 2.45) is 0 Å². The van der Waals surface area contributed by atoms with Gasteiger partial charge in [-0.1, -0.05) is 42.5 Å². The van der Waals surface area contributed by atoms with Crippen molar-refractivity contribution in [3.8, 4) is 0 Å². The average Bonchev–Trinajstić information content (AvgIpc) is 3.30. The molecule has 3 aromatic rings. The molecular weight excluding hydrogens is 392 g/mol. The minimum Gasteiger partial charge on any atom is -0.467 e. The third-order valence-electron chi connectivity index (χ3n) is 4.69. The summed E-state index contributed by atoms with van der Waals surface area (Å²) in [6.45, 7) is -0.144. The first kappa shape index (κ1) is 18.9. The fraction of sp³-hybridized carbons (Fsp3) is 0.143. The van der Waals surface area contributed by atoms with Gasteiger partial charge in [0.05, 0.1) is 18.4 Å². The summed E-state index contributed by atoms with van der Waals surface area (Å²) in [6, 6.07) is 18.7. The number of sulfonamides is 1. The summed E-state index contributed by atoms with van der Waals surface area (Å²) in [7, 11) is -4.05. The van der Waals surface area contributed by atoms with Gasteiger partial charge in [0.2, 0.25) is 5.91 Å². The number of nitrogens with zero attached hydrogens (tertiary/aromatic N) is 2. The molecule has 7 nitrogen and oxygen atoms in total. The molecular formula is C21H18N2O5S. The number of carbonyl (C=O) groups is 2. The molecule has 0 saturated heterocycles. The van der Waals surface area contributed by atoms with E-state index in [4.69, 9.17) is 4.42 Å². The molecule has 2 aromatic carbocycles. The van der Waals surface area contributed by atoms with Gasteiger partial charge in [-0.25, -0.2) is 12.7 Å². The van der Waals surface area contributed by atoms with Crippen LogP contribution < -0.4 is 0 Å². The monoisotopic (exact) mass is 410 g/mol. The quantitative estimate of drug-likeness (QED) is 0.623. The first-order valence-electron chi connectivity index (χ1n) is 8.97. The average molecular weight is 410 g/mol. The van der Waals surface area contributed by atoms with E-state index in [1.165, 1.54) is 23.3 Å². The molecule has 0 bridgehead atoms. The minimum absolute atomic E-state index is 0.0709. The lowest BCUT2D eigenvalue weighted by Crippen LogP contribution is -2.42. The number of hydrogen-bond donors (Lipinski definition) is 0. The fourth-order valence-corrected chi connectivity index (χ4v) is 4.76. The molecule has 0 aliphatic carbocycles. The predicted molar refractivity (Wildman–Crippen MR) is 104 cm³/mol. The van der Waals surface area contributed by atoms with Crippen LogP contribution >= 0.6 is 0 Å². The van der Waals surface area contributed by atoms with Crippen molar-refractivity contribution in [1.82, 2.24) is 9.21 Å². The summed E-state index contributed by atoms with van der Waals surface area (Å²) in [5.41, 5.74) is 0.965. The minimum atomic E-state index is -4.05. The van der Waals surface area contributed by atoms with E-state index in [9.17, 15) is 18.0 Å². The Morgan fingerprint density at radius 3 is 2.34 bits per heavy atom. The van der Waals surface area contributed by atoms with Crippen molar-refractivity contribution in [1.29, 1.82) is 0 Å². The third-order valence-corrected chi connectivity index (χ3v) is 6.47. The van der Waals surface area contributed by atoms with Crippen LogP contribution in [0.25, 0.3) is 0 Å². The van der Waals surface area contributed by atoms with Crippen molar-refractivity contribution >= 4 is 21.8 Å². The van der Waals surface area contributed by atoms with Gasteiger partial charge in [0.25, 0.3) is 15.9 Å². The van der Waals surface area contributed by atoms with E-state index in [1.54, 1.807) is 24.3 Å². The van der Waals surface area contributed by atoms with Gasteiger partial charge >= 0.3 is 0 Å². The molecule has 148 valence electrons. The maximum atomic E-state index is 13.0. The van der Waals surface area contributed by atoms with Gasteiger partial charge in [0.1, 0.15) is 17.2 Å². The zero-order chi connectivity index (χ0) is 20.4. The lowest BCUT2D eigenvalue weighted by atomic mass is 10.2. The van der Waals surface area contributed by atoms with Gasteiger partial charge in [-0.2, -0.15) is 0 Å². The summed E-state index contributed by atoms with van der Waals surface area (Å²) >= 11 is 0. The van der Waals surface area contributed by atoms with Crippen LogP contribution in [0.3, 0.4) is 0 Å². The number of amides is 2. The highest BCUT2D eigenvalue weighted by molar-refractivity contribution is 7.90. The molecule has 1 aliphatic rings. The summed E-state index contributed by atoms with van der Waals surface area (Å²) < 4.78 is 31.5. The third kappa shape index (κ3) is 3.66. The second-order valence-electron chi connectivity index (χ2n) is 6.63.